The summed E-state index contributed by atoms with van der Waals surface area (Å²) in [5, 5.41) is 3.27. The number of carbonyl (C=O) groups excluding carboxylic acids is 1. The van der Waals surface area contributed by atoms with E-state index in [2.05, 4.69) is 26.1 Å². The molecule has 1 N–H and O–H groups in total. The van der Waals surface area contributed by atoms with Crippen molar-refractivity contribution >= 4 is 21.8 Å². The first-order chi connectivity index (χ1) is 11.1. The van der Waals surface area contributed by atoms with E-state index in [4.69, 9.17) is 4.74 Å². The van der Waals surface area contributed by atoms with Crippen molar-refractivity contribution in [1.29, 1.82) is 0 Å². The van der Waals surface area contributed by atoms with Crippen molar-refractivity contribution in [3.05, 3.63) is 33.8 Å². The first-order valence-electron chi connectivity index (χ1n) is 8.42. The number of methoxy groups -OCH3 is 1. The van der Waals surface area contributed by atoms with Gasteiger partial charge in [0, 0.05) is 29.2 Å². The molecule has 1 saturated heterocycles. The lowest BCUT2D eigenvalue weighted by molar-refractivity contribution is 0.0908. The average Bonchev–Trinajstić information content (AvgIpc) is 3.15. The van der Waals surface area contributed by atoms with Crippen LogP contribution in [0.5, 0.6) is 0 Å². The van der Waals surface area contributed by atoms with Crippen molar-refractivity contribution in [2.45, 2.75) is 50.8 Å². The molecule has 5 heteroatoms. The summed E-state index contributed by atoms with van der Waals surface area (Å²) in [6.07, 6.45) is 4.69. The number of likely N-dealkylation sites (tertiary alicyclic amines) is 1. The molecule has 0 bridgehead atoms. The zero-order chi connectivity index (χ0) is 16.4. The Balaban J connectivity index is 1.72. The van der Waals surface area contributed by atoms with Crippen LogP contribution in [-0.2, 0) is 4.74 Å². The number of nitrogens with zero attached hydrogens (tertiary/aromatic N) is 1. The first kappa shape index (κ1) is 16.9. The predicted octanol–water partition coefficient (Wildman–Crippen LogP) is 3.13. The summed E-state index contributed by atoms with van der Waals surface area (Å²) >= 11 is 3.45. The van der Waals surface area contributed by atoms with Gasteiger partial charge < -0.3 is 10.1 Å². The molecule has 0 radical (unpaired) electrons. The van der Waals surface area contributed by atoms with Crippen LogP contribution in [0.2, 0.25) is 0 Å². The van der Waals surface area contributed by atoms with Crippen LogP contribution in [0, 0.1) is 6.92 Å². The Kier molecular flexibility index (Phi) is 5.39. The zero-order valence-corrected chi connectivity index (χ0v) is 15.4. The minimum absolute atomic E-state index is 0.0287. The monoisotopic (exact) mass is 380 g/mol. The Morgan fingerprint density at radius 1 is 1.30 bits per heavy atom. The van der Waals surface area contributed by atoms with E-state index in [0.29, 0.717) is 6.04 Å². The normalized spacial score (nSPS) is 28.2. The number of hydrogen-bond acceptors (Lipinski definition) is 3. The molecular weight excluding hydrogens is 356 g/mol. The van der Waals surface area contributed by atoms with Crippen molar-refractivity contribution in [2.75, 3.05) is 20.2 Å². The van der Waals surface area contributed by atoms with Crippen molar-refractivity contribution in [1.82, 2.24) is 10.2 Å². The molecule has 1 amide bonds. The maximum absolute atomic E-state index is 12.7. The SMILES string of the molecule is COC1CC(NC(=O)c2ccc(Br)cc2C)C(N2CCCC2)C1. The molecule has 2 aliphatic rings. The van der Waals surface area contributed by atoms with Crippen LogP contribution < -0.4 is 5.32 Å². The quantitative estimate of drug-likeness (QED) is 0.872. The lowest BCUT2D eigenvalue weighted by Gasteiger charge is -2.29. The minimum Gasteiger partial charge on any atom is -0.381 e. The lowest BCUT2D eigenvalue weighted by atomic mass is 10.1. The van der Waals surface area contributed by atoms with E-state index in [9.17, 15) is 4.79 Å². The van der Waals surface area contributed by atoms with Gasteiger partial charge in [0.25, 0.3) is 5.91 Å². The highest BCUT2D eigenvalue weighted by molar-refractivity contribution is 9.10. The van der Waals surface area contributed by atoms with Gasteiger partial charge in [-0.1, -0.05) is 15.9 Å². The largest absolute Gasteiger partial charge is 0.381 e. The number of hydrogen-bond donors (Lipinski definition) is 1. The Morgan fingerprint density at radius 2 is 2.04 bits per heavy atom. The Hall–Kier alpha value is -0.910. The van der Waals surface area contributed by atoms with E-state index in [0.717, 1.165) is 41.5 Å². The Bertz CT molecular complexity index is 572. The third kappa shape index (κ3) is 3.78. The maximum atomic E-state index is 12.7. The number of amides is 1. The van der Waals surface area contributed by atoms with Crippen LogP contribution in [0.1, 0.15) is 41.6 Å². The fraction of sp³-hybridized carbons (Fsp3) is 0.611. The van der Waals surface area contributed by atoms with Gasteiger partial charge in [0.2, 0.25) is 0 Å². The van der Waals surface area contributed by atoms with Crippen molar-refractivity contribution < 1.29 is 9.53 Å². The molecule has 2 fully saturated rings. The lowest BCUT2D eigenvalue weighted by Crippen LogP contribution is -2.47. The third-order valence-corrected chi connectivity index (χ3v) is 5.67. The van der Waals surface area contributed by atoms with Crippen LogP contribution in [0.15, 0.2) is 22.7 Å². The molecule has 3 unspecified atom stereocenters. The number of nitrogens with one attached hydrogen (secondary N) is 1. The van der Waals surface area contributed by atoms with Crippen molar-refractivity contribution in [2.24, 2.45) is 0 Å². The molecule has 3 rings (SSSR count). The molecule has 126 valence electrons. The number of benzene rings is 1. The number of halogens is 1. The zero-order valence-electron chi connectivity index (χ0n) is 13.8. The summed E-state index contributed by atoms with van der Waals surface area (Å²) in [6, 6.07) is 6.38. The van der Waals surface area contributed by atoms with Gasteiger partial charge in [-0.3, -0.25) is 9.69 Å². The predicted molar refractivity (Wildman–Crippen MR) is 94.8 cm³/mol. The fourth-order valence-electron chi connectivity index (χ4n) is 3.92. The van der Waals surface area contributed by atoms with Gasteiger partial charge in [-0.25, -0.2) is 0 Å². The van der Waals surface area contributed by atoms with Crippen LogP contribution in [-0.4, -0.2) is 49.2 Å². The van der Waals surface area contributed by atoms with Crippen LogP contribution in [0.4, 0.5) is 0 Å². The molecule has 4 nitrogen and oxygen atoms in total. The summed E-state index contributed by atoms with van der Waals surface area (Å²) in [5.74, 6) is 0.0287. The smallest absolute Gasteiger partial charge is 0.251 e. The molecule has 1 aromatic rings. The van der Waals surface area contributed by atoms with Crippen LogP contribution in [0.3, 0.4) is 0 Å². The summed E-state index contributed by atoms with van der Waals surface area (Å²) in [7, 11) is 1.77. The Labute approximate surface area is 146 Å². The fourth-order valence-corrected chi connectivity index (χ4v) is 4.40. The number of carbonyl (C=O) groups is 1. The highest BCUT2D eigenvalue weighted by atomic mass is 79.9. The second kappa shape index (κ2) is 7.32. The van der Waals surface area contributed by atoms with E-state index in [1.54, 1.807) is 7.11 Å². The second-order valence-electron chi connectivity index (χ2n) is 6.68. The molecule has 1 saturated carbocycles. The van der Waals surface area contributed by atoms with E-state index >= 15 is 0 Å². The summed E-state index contributed by atoms with van der Waals surface area (Å²) < 4.78 is 6.58. The summed E-state index contributed by atoms with van der Waals surface area (Å²) in [5.41, 5.74) is 1.75. The minimum atomic E-state index is 0.0287. The maximum Gasteiger partial charge on any atom is 0.251 e. The van der Waals surface area contributed by atoms with Crippen LogP contribution >= 0.6 is 15.9 Å². The summed E-state index contributed by atoms with van der Waals surface area (Å²) in [6.45, 7) is 4.26. The van der Waals surface area contributed by atoms with Gasteiger partial charge in [0.05, 0.1) is 6.10 Å². The highest BCUT2D eigenvalue weighted by Gasteiger charge is 2.39. The van der Waals surface area contributed by atoms with Crippen LogP contribution in [0.25, 0.3) is 0 Å². The van der Waals surface area contributed by atoms with E-state index in [1.807, 2.05) is 25.1 Å². The van der Waals surface area contributed by atoms with Gasteiger partial charge >= 0.3 is 0 Å². The molecule has 1 aromatic carbocycles. The topological polar surface area (TPSA) is 41.6 Å². The van der Waals surface area contributed by atoms with Crippen molar-refractivity contribution in [3.8, 4) is 0 Å². The average molecular weight is 381 g/mol. The highest BCUT2D eigenvalue weighted by Crippen LogP contribution is 2.29. The van der Waals surface area contributed by atoms with E-state index in [1.165, 1.54) is 12.8 Å². The van der Waals surface area contributed by atoms with Gasteiger partial charge in [0.15, 0.2) is 0 Å². The number of aryl methyl sites for hydroxylation is 1. The standard InChI is InChI=1S/C18H25BrN2O2/c1-12-9-13(19)5-6-15(12)18(22)20-16-10-14(23-2)11-17(16)21-7-3-4-8-21/h5-6,9,14,16-17H,3-4,7-8,10-11H2,1-2H3,(H,20,22). The molecular formula is C18H25BrN2O2. The molecule has 0 spiro atoms. The molecule has 0 aromatic heterocycles. The second-order valence-corrected chi connectivity index (χ2v) is 7.59. The van der Waals surface area contributed by atoms with E-state index < -0.39 is 0 Å². The molecule has 1 aliphatic heterocycles. The molecule has 1 heterocycles. The van der Waals surface area contributed by atoms with E-state index in [-0.39, 0.29) is 18.1 Å². The first-order valence-corrected chi connectivity index (χ1v) is 9.21. The van der Waals surface area contributed by atoms with Gasteiger partial charge in [-0.05, 0) is 69.5 Å². The van der Waals surface area contributed by atoms with Gasteiger partial charge in [0.1, 0.15) is 0 Å². The molecule has 3 atom stereocenters. The number of rotatable bonds is 4. The van der Waals surface area contributed by atoms with Gasteiger partial charge in [-0.2, -0.15) is 0 Å². The van der Waals surface area contributed by atoms with Crippen molar-refractivity contribution in [3.63, 3.8) is 0 Å². The van der Waals surface area contributed by atoms with Gasteiger partial charge in [-0.15, -0.1) is 0 Å². The molecule has 1 aliphatic carbocycles. The number of ether oxygens (including phenoxy) is 1. The summed E-state index contributed by atoms with van der Waals surface area (Å²) in [4.78, 5) is 15.2. The molecule has 23 heavy (non-hydrogen) atoms. The Morgan fingerprint density at radius 3 is 2.70 bits per heavy atom. The third-order valence-electron chi connectivity index (χ3n) is 5.18.